The number of thiophene rings is 1. The minimum absolute atomic E-state index is 0.0673. The van der Waals surface area contributed by atoms with Crippen molar-refractivity contribution in [2.24, 2.45) is 0 Å². The van der Waals surface area contributed by atoms with Crippen molar-refractivity contribution in [1.29, 1.82) is 0 Å². The Balaban J connectivity index is 1.83. The molecule has 196 valence electrons. The third-order valence-electron chi connectivity index (χ3n) is 5.30. The zero-order chi connectivity index (χ0) is 27.2. The van der Waals surface area contributed by atoms with Gasteiger partial charge >= 0.3 is 6.09 Å². The highest BCUT2D eigenvalue weighted by atomic mass is 32.1. The number of anilines is 3. The first-order chi connectivity index (χ1) is 17.4. The first-order valence-electron chi connectivity index (χ1n) is 11.9. The van der Waals surface area contributed by atoms with E-state index in [1.807, 2.05) is 48.6 Å². The molecule has 0 saturated heterocycles. The molecule has 0 saturated carbocycles. The van der Waals surface area contributed by atoms with Gasteiger partial charge in [0.2, 0.25) is 5.91 Å². The smallest absolute Gasteiger partial charge is 0.412 e. The van der Waals surface area contributed by atoms with E-state index in [1.165, 1.54) is 6.92 Å². The van der Waals surface area contributed by atoms with Crippen molar-refractivity contribution >= 4 is 46.3 Å². The van der Waals surface area contributed by atoms with E-state index in [0.717, 1.165) is 22.7 Å². The molecule has 3 rings (SSSR count). The molecule has 2 N–H and O–H groups in total. The first-order valence-corrected chi connectivity index (χ1v) is 12.8. The SMILES string of the molecule is CC(=O)N(CCN(C)C)c1ccc(C(=O)Nc2cc(-c3cccs3)ccc2NC(=O)OC(C)(C)C)cc1. The predicted molar refractivity (Wildman–Crippen MR) is 151 cm³/mol. The molecule has 0 aliphatic rings. The molecule has 0 atom stereocenters. The topological polar surface area (TPSA) is 91.0 Å². The summed E-state index contributed by atoms with van der Waals surface area (Å²) in [6.07, 6.45) is -0.613. The van der Waals surface area contributed by atoms with Crippen molar-refractivity contribution in [2.75, 3.05) is 42.7 Å². The Morgan fingerprint density at radius 2 is 1.62 bits per heavy atom. The van der Waals surface area contributed by atoms with Crippen LogP contribution in [0.15, 0.2) is 60.0 Å². The summed E-state index contributed by atoms with van der Waals surface area (Å²) in [6.45, 7) is 8.14. The highest BCUT2D eigenvalue weighted by Gasteiger charge is 2.19. The fourth-order valence-electron chi connectivity index (χ4n) is 3.52. The lowest BCUT2D eigenvalue weighted by Crippen LogP contribution is -2.35. The average Bonchev–Trinajstić information content (AvgIpc) is 3.34. The number of benzene rings is 2. The lowest BCUT2D eigenvalue weighted by Gasteiger charge is -2.23. The predicted octanol–water partition coefficient (Wildman–Crippen LogP) is 5.93. The molecule has 3 aromatic rings. The molecule has 0 bridgehead atoms. The summed E-state index contributed by atoms with van der Waals surface area (Å²) in [6, 6.07) is 16.3. The zero-order valence-corrected chi connectivity index (χ0v) is 22.9. The molecule has 1 aromatic heterocycles. The van der Waals surface area contributed by atoms with Gasteiger partial charge in [-0.3, -0.25) is 14.9 Å². The molecule has 0 aliphatic heterocycles. The lowest BCUT2D eigenvalue weighted by atomic mass is 10.1. The molecule has 8 nitrogen and oxygen atoms in total. The Bertz CT molecular complexity index is 1230. The van der Waals surface area contributed by atoms with Crippen LogP contribution in [0.1, 0.15) is 38.1 Å². The number of carbonyl (C=O) groups is 3. The molecule has 3 amide bonds. The van der Waals surface area contributed by atoms with Gasteiger partial charge < -0.3 is 19.9 Å². The molecular formula is C28H34N4O4S. The van der Waals surface area contributed by atoms with Crippen LogP contribution < -0.4 is 15.5 Å². The van der Waals surface area contributed by atoms with Crippen LogP contribution in [0.3, 0.4) is 0 Å². The Morgan fingerprint density at radius 3 is 2.19 bits per heavy atom. The summed E-state index contributed by atoms with van der Waals surface area (Å²) in [5, 5.41) is 7.63. The van der Waals surface area contributed by atoms with Gasteiger partial charge in [-0.15, -0.1) is 11.3 Å². The van der Waals surface area contributed by atoms with Gasteiger partial charge in [-0.25, -0.2) is 4.79 Å². The molecule has 9 heteroatoms. The quantitative estimate of drug-likeness (QED) is 0.383. The number of likely N-dealkylation sites (N-methyl/N-ethyl adjacent to an activating group) is 1. The second-order valence-electron chi connectivity index (χ2n) is 9.84. The maximum absolute atomic E-state index is 13.2. The van der Waals surface area contributed by atoms with Crippen LogP contribution in [0.4, 0.5) is 21.9 Å². The van der Waals surface area contributed by atoms with Gasteiger partial charge in [0.05, 0.1) is 11.4 Å². The van der Waals surface area contributed by atoms with Crippen molar-refractivity contribution in [3.63, 3.8) is 0 Å². The van der Waals surface area contributed by atoms with Crippen LogP contribution in [0.25, 0.3) is 10.4 Å². The minimum atomic E-state index is -0.660. The summed E-state index contributed by atoms with van der Waals surface area (Å²) in [4.78, 5) is 42.4. The second-order valence-corrected chi connectivity index (χ2v) is 10.8. The fraction of sp³-hybridized carbons (Fsp3) is 0.321. The summed E-state index contributed by atoms with van der Waals surface area (Å²) in [5.74, 6) is -0.410. The van der Waals surface area contributed by atoms with Gasteiger partial charge in [-0.05, 0) is 88.3 Å². The normalized spacial score (nSPS) is 11.2. The van der Waals surface area contributed by atoms with Crippen LogP contribution in [-0.4, -0.2) is 55.6 Å². The van der Waals surface area contributed by atoms with E-state index in [1.54, 1.807) is 67.3 Å². The molecule has 0 spiro atoms. The standard InChI is InChI=1S/C28H34N4O4S/c1-19(33)32(16-15-31(5)6)22-12-9-20(10-13-22)26(34)29-24-18-21(25-8-7-17-37-25)11-14-23(24)30-27(35)36-28(2,3)4/h7-14,17-18H,15-16H2,1-6H3,(H,29,34)(H,30,35). The number of amides is 3. The number of ether oxygens (including phenoxy) is 1. The molecule has 37 heavy (non-hydrogen) atoms. The van der Waals surface area contributed by atoms with E-state index in [-0.39, 0.29) is 11.8 Å². The fourth-order valence-corrected chi connectivity index (χ4v) is 4.25. The molecule has 0 fully saturated rings. The molecule has 0 radical (unpaired) electrons. The molecular weight excluding hydrogens is 488 g/mol. The number of hydrogen-bond acceptors (Lipinski definition) is 6. The summed E-state index contributed by atoms with van der Waals surface area (Å²) >= 11 is 1.58. The van der Waals surface area contributed by atoms with E-state index in [9.17, 15) is 14.4 Å². The first kappa shape index (κ1) is 27.9. The van der Waals surface area contributed by atoms with Gasteiger partial charge in [0.15, 0.2) is 0 Å². The number of hydrogen-bond donors (Lipinski definition) is 2. The van der Waals surface area contributed by atoms with Crippen molar-refractivity contribution in [3.8, 4) is 10.4 Å². The van der Waals surface area contributed by atoms with Crippen molar-refractivity contribution in [2.45, 2.75) is 33.3 Å². The highest BCUT2D eigenvalue weighted by Crippen LogP contribution is 2.32. The highest BCUT2D eigenvalue weighted by molar-refractivity contribution is 7.13. The molecule has 0 aliphatic carbocycles. The average molecular weight is 523 g/mol. The molecule has 0 unspecified atom stereocenters. The van der Waals surface area contributed by atoms with Gasteiger partial charge in [-0.2, -0.15) is 0 Å². The second kappa shape index (κ2) is 12.0. The maximum Gasteiger partial charge on any atom is 0.412 e. The van der Waals surface area contributed by atoms with Gasteiger partial charge in [0.25, 0.3) is 5.91 Å². The zero-order valence-electron chi connectivity index (χ0n) is 22.1. The monoisotopic (exact) mass is 522 g/mol. The third-order valence-corrected chi connectivity index (χ3v) is 6.22. The van der Waals surface area contributed by atoms with Crippen LogP contribution in [0, 0.1) is 0 Å². The number of rotatable bonds is 8. The maximum atomic E-state index is 13.2. The van der Waals surface area contributed by atoms with E-state index >= 15 is 0 Å². The number of carbonyl (C=O) groups excluding carboxylic acids is 3. The van der Waals surface area contributed by atoms with Crippen LogP contribution >= 0.6 is 11.3 Å². The van der Waals surface area contributed by atoms with Crippen molar-refractivity contribution in [1.82, 2.24) is 4.90 Å². The Kier molecular flexibility index (Phi) is 9.07. The number of nitrogens with zero attached hydrogens (tertiary/aromatic N) is 2. The number of nitrogens with one attached hydrogen (secondary N) is 2. The summed E-state index contributed by atoms with van der Waals surface area (Å²) in [5.41, 5.74) is 2.26. The van der Waals surface area contributed by atoms with E-state index in [0.29, 0.717) is 23.5 Å². The lowest BCUT2D eigenvalue weighted by molar-refractivity contribution is -0.116. The van der Waals surface area contributed by atoms with Crippen LogP contribution in [-0.2, 0) is 9.53 Å². The summed E-state index contributed by atoms with van der Waals surface area (Å²) < 4.78 is 5.38. The Morgan fingerprint density at radius 1 is 0.919 bits per heavy atom. The van der Waals surface area contributed by atoms with Crippen molar-refractivity contribution in [3.05, 3.63) is 65.5 Å². The van der Waals surface area contributed by atoms with E-state index in [2.05, 4.69) is 10.6 Å². The Hall–Kier alpha value is -3.69. The third kappa shape index (κ3) is 8.16. The van der Waals surface area contributed by atoms with E-state index in [4.69, 9.17) is 4.74 Å². The van der Waals surface area contributed by atoms with Gasteiger partial charge in [-0.1, -0.05) is 12.1 Å². The van der Waals surface area contributed by atoms with Gasteiger partial charge in [0, 0.05) is 36.1 Å². The summed E-state index contributed by atoms with van der Waals surface area (Å²) in [7, 11) is 3.90. The largest absolute Gasteiger partial charge is 0.444 e. The molecule has 2 aromatic carbocycles. The van der Waals surface area contributed by atoms with E-state index < -0.39 is 11.7 Å². The van der Waals surface area contributed by atoms with Gasteiger partial charge in [0.1, 0.15) is 5.60 Å². The Labute approximate surface area is 222 Å². The van der Waals surface area contributed by atoms with Crippen LogP contribution in [0.5, 0.6) is 0 Å². The molecule has 1 heterocycles. The minimum Gasteiger partial charge on any atom is -0.444 e. The van der Waals surface area contributed by atoms with Crippen LogP contribution in [0.2, 0.25) is 0 Å². The van der Waals surface area contributed by atoms with Crippen molar-refractivity contribution < 1.29 is 19.1 Å².